The second-order valence-corrected chi connectivity index (χ2v) is 8.09. The van der Waals surface area contributed by atoms with Crippen molar-refractivity contribution >= 4 is 22.7 Å². The number of carbonyl (C=O) groups excluding carboxylic acids is 2. The van der Waals surface area contributed by atoms with E-state index in [4.69, 9.17) is 4.74 Å². The minimum atomic E-state index is -0.321. The molecule has 0 unspecified atom stereocenters. The first kappa shape index (κ1) is 19.6. The van der Waals surface area contributed by atoms with Crippen LogP contribution in [0, 0.1) is 5.92 Å². The number of benzene rings is 1. The predicted octanol–water partition coefficient (Wildman–Crippen LogP) is 2.02. The molecule has 2 amide bonds. The van der Waals surface area contributed by atoms with Crippen LogP contribution in [0.3, 0.4) is 0 Å². The number of H-pyrrole nitrogens is 1. The third-order valence-corrected chi connectivity index (χ3v) is 6.00. The fraction of sp³-hybridized carbons (Fsp3) is 0.500. The number of hydrogen-bond donors (Lipinski definition) is 1. The molecule has 2 aromatic rings. The summed E-state index contributed by atoms with van der Waals surface area (Å²) < 4.78 is 5.56. The molecule has 29 heavy (non-hydrogen) atoms. The number of rotatable bonds is 3. The highest BCUT2D eigenvalue weighted by molar-refractivity contribution is 5.95. The van der Waals surface area contributed by atoms with Crippen LogP contribution < -0.4 is 5.43 Å². The van der Waals surface area contributed by atoms with Crippen LogP contribution in [0.4, 0.5) is 0 Å². The SMILES string of the molecule is CC1CCN(C(=O)C[C@@H]2COCCN2C(=O)c2cc(=O)c3ccccc3[nH]2)CC1. The molecule has 7 nitrogen and oxygen atoms in total. The minimum Gasteiger partial charge on any atom is -0.377 e. The number of aromatic nitrogens is 1. The van der Waals surface area contributed by atoms with Gasteiger partial charge < -0.3 is 19.5 Å². The Morgan fingerprint density at radius 3 is 2.72 bits per heavy atom. The van der Waals surface area contributed by atoms with Gasteiger partial charge in [0.15, 0.2) is 5.43 Å². The van der Waals surface area contributed by atoms with Crippen molar-refractivity contribution < 1.29 is 14.3 Å². The Kier molecular flexibility index (Phi) is 5.67. The smallest absolute Gasteiger partial charge is 0.270 e. The maximum Gasteiger partial charge on any atom is 0.270 e. The van der Waals surface area contributed by atoms with E-state index in [2.05, 4.69) is 11.9 Å². The average Bonchev–Trinajstić information content (AvgIpc) is 2.74. The van der Waals surface area contributed by atoms with Crippen LogP contribution >= 0.6 is 0 Å². The number of fused-ring (bicyclic) bond motifs is 1. The summed E-state index contributed by atoms with van der Waals surface area (Å²) in [6, 6.07) is 8.17. The molecule has 2 aliphatic rings. The van der Waals surface area contributed by atoms with Crippen molar-refractivity contribution in [3.05, 3.63) is 46.2 Å². The second kappa shape index (κ2) is 8.37. The van der Waals surface area contributed by atoms with Crippen molar-refractivity contribution in [2.45, 2.75) is 32.2 Å². The van der Waals surface area contributed by atoms with E-state index in [0.29, 0.717) is 36.6 Å². The van der Waals surface area contributed by atoms with Gasteiger partial charge in [-0.15, -0.1) is 0 Å². The molecule has 2 aliphatic heterocycles. The van der Waals surface area contributed by atoms with Crippen LogP contribution in [-0.2, 0) is 9.53 Å². The lowest BCUT2D eigenvalue weighted by molar-refractivity contribution is -0.135. The summed E-state index contributed by atoms with van der Waals surface area (Å²) in [6.07, 6.45) is 2.29. The summed E-state index contributed by atoms with van der Waals surface area (Å²) in [5.74, 6) is 0.457. The van der Waals surface area contributed by atoms with Gasteiger partial charge in [0.25, 0.3) is 5.91 Å². The molecule has 7 heteroatoms. The number of amides is 2. The second-order valence-electron chi connectivity index (χ2n) is 8.09. The lowest BCUT2D eigenvalue weighted by Gasteiger charge is -2.37. The number of piperidine rings is 1. The Hall–Kier alpha value is -2.67. The van der Waals surface area contributed by atoms with Crippen LogP contribution in [0.2, 0.25) is 0 Å². The van der Waals surface area contributed by atoms with Crippen molar-refractivity contribution in [3.63, 3.8) is 0 Å². The topological polar surface area (TPSA) is 82.7 Å². The molecule has 0 radical (unpaired) electrons. The third-order valence-electron chi connectivity index (χ3n) is 6.00. The van der Waals surface area contributed by atoms with Gasteiger partial charge >= 0.3 is 0 Å². The minimum absolute atomic E-state index is 0.0669. The first-order valence-corrected chi connectivity index (χ1v) is 10.3. The first-order chi connectivity index (χ1) is 14.0. The zero-order chi connectivity index (χ0) is 20.4. The summed E-state index contributed by atoms with van der Waals surface area (Å²) in [6.45, 7) is 4.93. The fourth-order valence-electron chi connectivity index (χ4n) is 4.15. The monoisotopic (exact) mass is 397 g/mol. The summed E-state index contributed by atoms with van der Waals surface area (Å²) in [7, 11) is 0. The maximum atomic E-state index is 13.2. The molecule has 1 N–H and O–H groups in total. The third kappa shape index (κ3) is 4.19. The van der Waals surface area contributed by atoms with Crippen molar-refractivity contribution in [2.75, 3.05) is 32.8 Å². The number of morpholine rings is 1. The molecule has 154 valence electrons. The Balaban J connectivity index is 1.52. The van der Waals surface area contributed by atoms with Gasteiger partial charge in [0.1, 0.15) is 5.69 Å². The summed E-state index contributed by atoms with van der Waals surface area (Å²) in [4.78, 5) is 45.0. The molecule has 1 atom stereocenters. The Bertz CT molecular complexity index is 962. The summed E-state index contributed by atoms with van der Waals surface area (Å²) >= 11 is 0. The van der Waals surface area contributed by atoms with Gasteiger partial charge in [-0.2, -0.15) is 0 Å². The van der Waals surface area contributed by atoms with E-state index in [1.54, 1.807) is 23.1 Å². The Morgan fingerprint density at radius 1 is 1.17 bits per heavy atom. The molecule has 1 aromatic carbocycles. The van der Waals surface area contributed by atoms with Gasteiger partial charge in [-0.1, -0.05) is 19.1 Å². The van der Waals surface area contributed by atoms with Crippen LogP contribution in [0.25, 0.3) is 10.9 Å². The van der Waals surface area contributed by atoms with E-state index in [-0.39, 0.29) is 35.4 Å². The molecule has 3 heterocycles. The molecule has 2 saturated heterocycles. The van der Waals surface area contributed by atoms with Gasteiger partial charge in [0.2, 0.25) is 5.91 Å². The van der Waals surface area contributed by atoms with Crippen molar-refractivity contribution in [1.82, 2.24) is 14.8 Å². The lowest BCUT2D eigenvalue weighted by Crippen LogP contribution is -2.51. The number of likely N-dealkylation sites (tertiary alicyclic amines) is 1. The normalized spacial score (nSPS) is 20.8. The fourth-order valence-corrected chi connectivity index (χ4v) is 4.15. The first-order valence-electron chi connectivity index (χ1n) is 10.3. The largest absolute Gasteiger partial charge is 0.377 e. The van der Waals surface area contributed by atoms with Gasteiger partial charge in [0.05, 0.1) is 19.3 Å². The van der Waals surface area contributed by atoms with Crippen LogP contribution in [-0.4, -0.2) is 65.5 Å². The molecule has 0 saturated carbocycles. The zero-order valence-electron chi connectivity index (χ0n) is 16.7. The van der Waals surface area contributed by atoms with E-state index in [1.807, 2.05) is 11.0 Å². The van der Waals surface area contributed by atoms with Crippen molar-refractivity contribution in [2.24, 2.45) is 5.92 Å². The number of nitrogens with zero attached hydrogens (tertiary/aromatic N) is 2. The van der Waals surface area contributed by atoms with Gasteiger partial charge in [-0.05, 0) is 30.9 Å². The standard InChI is InChI=1S/C22H27N3O4/c1-15-6-8-24(9-7-15)21(27)12-16-14-29-11-10-25(16)22(28)19-13-20(26)17-4-2-3-5-18(17)23-19/h2-5,13,15-16H,6-12,14H2,1H3,(H,23,26)/t16-/m1/s1. The number of para-hydroxylation sites is 1. The molecule has 4 rings (SSSR count). The summed E-state index contributed by atoms with van der Waals surface area (Å²) in [5, 5.41) is 0.553. The van der Waals surface area contributed by atoms with E-state index >= 15 is 0 Å². The van der Waals surface area contributed by atoms with Gasteiger partial charge in [0, 0.05) is 43.0 Å². The number of carbonyl (C=O) groups is 2. The maximum absolute atomic E-state index is 13.2. The van der Waals surface area contributed by atoms with Gasteiger partial charge in [-0.25, -0.2) is 0 Å². The quantitative estimate of drug-likeness (QED) is 0.859. The summed E-state index contributed by atoms with van der Waals surface area (Å²) in [5.41, 5.74) is 0.692. The molecular formula is C22H27N3O4. The Morgan fingerprint density at radius 2 is 1.93 bits per heavy atom. The highest BCUT2D eigenvalue weighted by atomic mass is 16.5. The Labute approximate surface area is 169 Å². The molecule has 0 spiro atoms. The van der Waals surface area contributed by atoms with Crippen molar-refractivity contribution in [1.29, 1.82) is 0 Å². The average molecular weight is 397 g/mol. The van der Waals surface area contributed by atoms with E-state index in [0.717, 1.165) is 25.9 Å². The van der Waals surface area contributed by atoms with E-state index in [1.165, 1.54) is 6.07 Å². The predicted molar refractivity (Wildman–Crippen MR) is 110 cm³/mol. The number of nitrogens with one attached hydrogen (secondary N) is 1. The van der Waals surface area contributed by atoms with Crippen LogP contribution in [0.5, 0.6) is 0 Å². The molecule has 2 fully saturated rings. The van der Waals surface area contributed by atoms with Crippen molar-refractivity contribution in [3.8, 4) is 0 Å². The van der Waals surface area contributed by atoms with Crippen LogP contribution in [0.1, 0.15) is 36.7 Å². The number of ether oxygens (including phenoxy) is 1. The number of aromatic amines is 1. The highest BCUT2D eigenvalue weighted by Gasteiger charge is 2.32. The van der Waals surface area contributed by atoms with E-state index in [9.17, 15) is 14.4 Å². The molecular weight excluding hydrogens is 370 g/mol. The molecule has 0 bridgehead atoms. The zero-order valence-corrected chi connectivity index (χ0v) is 16.7. The number of hydrogen-bond acceptors (Lipinski definition) is 4. The lowest BCUT2D eigenvalue weighted by atomic mass is 9.98. The van der Waals surface area contributed by atoms with Crippen LogP contribution in [0.15, 0.2) is 35.1 Å². The van der Waals surface area contributed by atoms with Gasteiger partial charge in [-0.3, -0.25) is 14.4 Å². The molecule has 0 aliphatic carbocycles. The highest BCUT2D eigenvalue weighted by Crippen LogP contribution is 2.20. The van der Waals surface area contributed by atoms with E-state index < -0.39 is 0 Å². The number of pyridine rings is 1. The molecule has 1 aromatic heterocycles.